The van der Waals surface area contributed by atoms with E-state index < -0.39 is 10.0 Å². The zero-order valence-electron chi connectivity index (χ0n) is 14.0. The van der Waals surface area contributed by atoms with Gasteiger partial charge in [-0.05, 0) is 25.5 Å². The summed E-state index contributed by atoms with van der Waals surface area (Å²) in [4.78, 5) is 0.385. The summed E-state index contributed by atoms with van der Waals surface area (Å²) in [6.45, 7) is 6.56. The molecule has 0 atom stereocenters. The van der Waals surface area contributed by atoms with E-state index in [9.17, 15) is 8.42 Å². The zero-order chi connectivity index (χ0) is 16.4. The zero-order valence-corrected chi connectivity index (χ0v) is 15.7. The van der Waals surface area contributed by atoms with Crippen LogP contribution in [0.25, 0.3) is 0 Å². The third kappa shape index (κ3) is 6.31. The van der Waals surface area contributed by atoms with Crippen LogP contribution < -0.4 is 0 Å². The molecule has 0 fully saturated rings. The molecule has 0 amide bonds. The van der Waals surface area contributed by atoms with E-state index in [2.05, 4.69) is 6.92 Å². The van der Waals surface area contributed by atoms with Gasteiger partial charge in [0.05, 0.1) is 4.90 Å². The van der Waals surface area contributed by atoms with Crippen LogP contribution in [0.2, 0.25) is 0 Å². The minimum Gasteiger partial charge on any atom is -0.206 e. The first kappa shape index (κ1) is 19.5. The Morgan fingerprint density at radius 2 is 1.55 bits per heavy atom. The number of nitrogens with zero attached hydrogens (tertiary/aromatic N) is 1. The number of hydrogen-bond acceptors (Lipinski definition) is 3. The Balaban J connectivity index is 2.47. The number of rotatable bonds is 11. The Kier molecular flexibility index (Phi) is 9.13. The molecule has 1 aromatic carbocycles. The van der Waals surface area contributed by atoms with Crippen LogP contribution >= 0.6 is 11.9 Å². The number of aryl methyl sites for hydroxylation is 1. The van der Waals surface area contributed by atoms with Gasteiger partial charge in [0.1, 0.15) is 0 Å². The average molecular weight is 344 g/mol. The summed E-state index contributed by atoms with van der Waals surface area (Å²) >= 11 is 1.44. The maximum atomic E-state index is 12.6. The Bertz CT molecular complexity index is 512. The molecule has 0 saturated heterocycles. The summed E-state index contributed by atoms with van der Waals surface area (Å²) in [5.74, 6) is 0.866. The molecule has 0 aliphatic carbocycles. The van der Waals surface area contributed by atoms with Crippen molar-refractivity contribution in [3.05, 3.63) is 29.8 Å². The summed E-state index contributed by atoms with van der Waals surface area (Å²) in [7, 11) is -3.37. The van der Waals surface area contributed by atoms with Gasteiger partial charge >= 0.3 is 0 Å². The van der Waals surface area contributed by atoms with Crippen molar-refractivity contribution in [3.8, 4) is 0 Å². The largest absolute Gasteiger partial charge is 0.252 e. The van der Waals surface area contributed by atoms with Gasteiger partial charge in [-0.25, -0.2) is 8.42 Å². The lowest BCUT2D eigenvalue weighted by Gasteiger charge is -2.19. The highest BCUT2D eigenvalue weighted by Crippen LogP contribution is 2.24. The topological polar surface area (TPSA) is 37.4 Å². The molecule has 5 heteroatoms. The van der Waals surface area contributed by atoms with Crippen LogP contribution in [0.4, 0.5) is 0 Å². The average Bonchev–Trinajstić information content (AvgIpc) is 2.50. The first-order valence-corrected chi connectivity index (χ1v) is 10.6. The summed E-state index contributed by atoms with van der Waals surface area (Å²) in [5, 5.41) is 0. The molecule has 22 heavy (non-hydrogen) atoms. The first-order valence-electron chi connectivity index (χ1n) is 8.24. The van der Waals surface area contributed by atoms with Crippen LogP contribution in [-0.4, -0.2) is 24.4 Å². The highest BCUT2D eigenvalue weighted by molar-refractivity contribution is 8.08. The summed E-state index contributed by atoms with van der Waals surface area (Å²) < 4.78 is 26.7. The SMILES string of the molecule is CCCCCCCCSN(CC)S(=O)(=O)c1ccc(C)cc1. The van der Waals surface area contributed by atoms with Gasteiger partial charge in [-0.1, -0.05) is 75.6 Å². The number of unbranched alkanes of at least 4 members (excludes halogenated alkanes) is 5. The van der Waals surface area contributed by atoms with Crippen LogP contribution in [0.1, 0.15) is 57.9 Å². The molecular formula is C17H29NO2S2. The molecule has 0 spiro atoms. The van der Waals surface area contributed by atoms with Gasteiger partial charge in [0.15, 0.2) is 0 Å². The minimum atomic E-state index is -3.37. The van der Waals surface area contributed by atoms with Gasteiger partial charge in [0.2, 0.25) is 0 Å². The second-order valence-corrected chi connectivity index (χ2v) is 8.74. The van der Waals surface area contributed by atoms with Crippen molar-refractivity contribution in [2.24, 2.45) is 0 Å². The van der Waals surface area contributed by atoms with Crippen LogP contribution in [0.3, 0.4) is 0 Å². The van der Waals surface area contributed by atoms with Gasteiger partial charge in [-0.2, -0.15) is 0 Å². The van der Waals surface area contributed by atoms with Gasteiger partial charge < -0.3 is 0 Å². The van der Waals surface area contributed by atoms with E-state index in [1.165, 1.54) is 47.8 Å². The molecular weight excluding hydrogens is 314 g/mol. The minimum absolute atomic E-state index is 0.385. The molecule has 3 nitrogen and oxygen atoms in total. The van der Waals surface area contributed by atoms with Gasteiger partial charge in [-0.15, -0.1) is 3.71 Å². The molecule has 0 aliphatic heterocycles. The van der Waals surface area contributed by atoms with Crippen LogP contribution in [-0.2, 0) is 10.0 Å². The molecule has 0 aromatic heterocycles. The first-order chi connectivity index (χ1) is 10.5. The summed E-state index contributed by atoms with van der Waals surface area (Å²) in [5.41, 5.74) is 1.07. The Morgan fingerprint density at radius 3 is 2.14 bits per heavy atom. The van der Waals surface area contributed by atoms with Crippen molar-refractivity contribution in [3.63, 3.8) is 0 Å². The van der Waals surface area contributed by atoms with Gasteiger partial charge in [0, 0.05) is 12.3 Å². The maximum Gasteiger partial charge on any atom is 0.252 e. The van der Waals surface area contributed by atoms with E-state index in [1.54, 1.807) is 12.1 Å². The van der Waals surface area contributed by atoms with Crippen molar-refractivity contribution in [1.82, 2.24) is 3.71 Å². The van der Waals surface area contributed by atoms with Crippen LogP contribution in [0.15, 0.2) is 29.2 Å². The molecule has 126 valence electrons. The van der Waals surface area contributed by atoms with Crippen molar-refractivity contribution < 1.29 is 8.42 Å². The molecule has 0 N–H and O–H groups in total. The van der Waals surface area contributed by atoms with E-state index in [4.69, 9.17) is 0 Å². The van der Waals surface area contributed by atoms with E-state index in [-0.39, 0.29) is 0 Å². The van der Waals surface area contributed by atoms with Crippen LogP contribution in [0.5, 0.6) is 0 Å². The standard InChI is InChI=1S/C17H29NO2S2/c1-4-6-7-8-9-10-15-21-18(5-2)22(19,20)17-13-11-16(3)12-14-17/h11-14H,4-10,15H2,1-3H3. The molecule has 0 bridgehead atoms. The smallest absolute Gasteiger partial charge is 0.206 e. The fourth-order valence-corrected chi connectivity index (χ4v) is 5.02. The van der Waals surface area contributed by atoms with E-state index in [0.717, 1.165) is 17.7 Å². The van der Waals surface area contributed by atoms with Gasteiger partial charge in [-0.3, -0.25) is 0 Å². The number of sulfonamides is 1. The van der Waals surface area contributed by atoms with Crippen molar-refractivity contribution in [2.75, 3.05) is 12.3 Å². The Hall–Kier alpha value is -0.520. The summed E-state index contributed by atoms with van der Waals surface area (Å²) in [6.07, 6.45) is 7.37. The lowest BCUT2D eigenvalue weighted by molar-refractivity contribution is 0.549. The molecule has 0 aliphatic rings. The normalized spacial score (nSPS) is 12.0. The Labute approximate surface area is 140 Å². The molecule has 1 rings (SSSR count). The van der Waals surface area contributed by atoms with Crippen molar-refractivity contribution in [2.45, 2.75) is 64.2 Å². The highest BCUT2D eigenvalue weighted by Gasteiger charge is 2.23. The maximum absolute atomic E-state index is 12.6. The fourth-order valence-electron chi connectivity index (χ4n) is 2.21. The third-order valence-corrected chi connectivity index (χ3v) is 7.16. The molecule has 1 aromatic rings. The van der Waals surface area contributed by atoms with Crippen LogP contribution in [0, 0.1) is 6.92 Å². The van der Waals surface area contributed by atoms with Crippen molar-refractivity contribution in [1.29, 1.82) is 0 Å². The molecule has 0 radical (unpaired) electrons. The van der Waals surface area contributed by atoms with E-state index >= 15 is 0 Å². The van der Waals surface area contributed by atoms with E-state index in [0.29, 0.717) is 11.4 Å². The quantitative estimate of drug-likeness (QED) is 0.418. The molecule has 0 heterocycles. The molecule has 0 saturated carbocycles. The number of benzene rings is 1. The Morgan fingerprint density at radius 1 is 0.955 bits per heavy atom. The lowest BCUT2D eigenvalue weighted by Crippen LogP contribution is -2.25. The predicted molar refractivity (Wildman–Crippen MR) is 96.6 cm³/mol. The molecule has 0 unspecified atom stereocenters. The highest BCUT2D eigenvalue weighted by atomic mass is 32.3. The second kappa shape index (κ2) is 10.3. The third-order valence-electron chi connectivity index (χ3n) is 3.58. The fraction of sp³-hybridized carbons (Fsp3) is 0.647. The lowest BCUT2D eigenvalue weighted by atomic mass is 10.1. The predicted octanol–water partition coefficient (Wildman–Crippen LogP) is 5.01. The summed E-state index contributed by atoms with van der Waals surface area (Å²) in [6, 6.07) is 7.08. The van der Waals surface area contributed by atoms with E-state index in [1.807, 2.05) is 26.0 Å². The van der Waals surface area contributed by atoms with Crippen molar-refractivity contribution >= 4 is 22.0 Å². The number of hydrogen-bond donors (Lipinski definition) is 0. The monoisotopic (exact) mass is 343 g/mol. The van der Waals surface area contributed by atoms with Gasteiger partial charge in [0.25, 0.3) is 10.0 Å². The second-order valence-electron chi connectivity index (χ2n) is 5.54.